The average molecular weight is 497 g/mol. The predicted molar refractivity (Wildman–Crippen MR) is 128 cm³/mol. The molecule has 0 fully saturated rings. The Balaban J connectivity index is 1.64. The monoisotopic (exact) mass is 496 g/mol. The molecule has 0 radical (unpaired) electrons. The number of aromatic nitrogens is 3. The van der Waals surface area contributed by atoms with Gasteiger partial charge >= 0.3 is 0 Å². The van der Waals surface area contributed by atoms with Crippen LogP contribution in [0.15, 0.2) is 51.9 Å². The molecule has 0 spiro atoms. The third kappa shape index (κ3) is 5.27. The molecule has 0 aliphatic carbocycles. The van der Waals surface area contributed by atoms with Crippen LogP contribution < -0.4 is 10.9 Å². The van der Waals surface area contributed by atoms with Gasteiger partial charge in [0.05, 0.1) is 18.1 Å². The second-order valence-electron chi connectivity index (χ2n) is 9.77. The van der Waals surface area contributed by atoms with Crippen LogP contribution in [0.5, 0.6) is 0 Å². The van der Waals surface area contributed by atoms with Crippen molar-refractivity contribution in [3.8, 4) is 0 Å². The number of Topliss-reactive ketones (excluding diaryl/α,β-unsaturated/α-hetero) is 1. The van der Waals surface area contributed by atoms with Gasteiger partial charge in [-0.2, -0.15) is 10.3 Å². The van der Waals surface area contributed by atoms with Crippen molar-refractivity contribution in [2.75, 3.05) is 0 Å². The number of nitrogens with zero attached hydrogens (tertiary/aromatic N) is 2. The van der Waals surface area contributed by atoms with Crippen molar-refractivity contribution in [2.24, 2.45) is 7.05 Å². The van der Waals surface area contributed by atoms with E-state index < -0.39 is 40.3 Å². The number of nitrogens with one attached hydrogen (secondary N) is 2. The van der Waals surface area contributed by atoms with Gasteiger partial charge in [0.2, 0.25) is 5.91 Å². The van der Waals surface area contributed by atoms with Gasteiger partial charge in [-0.25, -0.2) is 8.78 Å². The zero-order valence-corrected chi connectivity index (χ0v) is 20.3. The summed E-state index contributed by atoms with van der Waals surface area (Å²) in [5, 5.41) is 9.72. The molecule has 2 heterocycles. The van der Waals surface area contributed by atoms with Gasteiger partial charge in [0.25, 0.3) is 5.56 Å². The van der Waals surface area contributed by atoms with Crippen molar-refractivity contribution in [3.63, 3.8) is 0 Å². The molecule has 0 saturated heterocycles. The number of aryl methyl sites for hydroxylation is 1. The molecule has 188 valence electrons. The van der Waals surface area contributed by atoms with E-state index in [1.54, 1.807) is 56.9 Å². The number of rotatable bonds is 7. The van der Waals surface area contributed by atoms with Crippen LogP contribution in [0.1, 0.15) is 49.3 Å². The minimum atomic E-state index is -1.11. The largest absolute Gasteiger partial charge is 0.383 e. The topological polar surface area (TPSA) is 110 Å². The van der Waals surface area contributed by atoms with Crippen LogP contribution >= 0.6 is 0 Å². The molecule has 8 nitrogen and oxygen atoms in total. The molecule has 0 bridgehead atoms. The second-order valence-corrected chi connectivity index (χ2v) is 9.77. The third-order valence-corrected chi connectivity index (χ3v) is 5.87. The van der Waals surface area contributed by atoms with Gasteiger partial charge in [0.1, 0.15) is 23.4 Å². The van der Waals surface area contributed by atoms with E-state index in [2.05, 4.69) is 15.6 Å². The molecule has 1 atom stereocenters. The van der Waals surface area contributed by atoms with Gasteiger partial charge in [0.15, 0.2) is 5.78 Å². The first-order valence-electron chi connectivity index (χ1n) is 11.3. The number of ketones is 1. The first kappa shape index (κ1) is 25.0. The quantitative estimate of drug-likeness (QED) is 0.406. The van der Waals surface area contributed by atoms with Gasteiger partial charge in [0, 0.05) is 30.5 Å². The minimum Gasteiger partial charge on any atom is -0.383 e. The summed E-state index contributed by atoms with van der Waals surface area (Å²) < 4.78 is 36.1. The summed E-state index contributed by atoms with van der Waals surface area (Å²) >= 11 is 0. The molecule has 2 N–H and O–H groups in total. The summed E-state index contributed by atoms with van der Waals surface area (Å²) in [6.45, 7) is 5.10. The van der Waals surface area contributed by atoms with Crippen molar-refractivity contribution >= 4 is 22.6 Å². The highest BCUT2D eigenvalue weighted by Crippen LogP contribution is 2.29. The van der Waals surface area contributed by atoms with Crippen LogP contribution in [-0.2, 0) is 34.9 Å². The number of halogens is 2. The number of hydrogen-bond acceptors (Lipinski definition) is 5. The van der Waals surface area contributed by atoms with E-state index in [0.717, 1.165) is 29.1 Å². The standard InChI is InChI=1S/C26H26F2N4O4/c1-26(2,3)24-18(27)7-14(8-19(24)28)9-21(33)25(30-22(34)11-17-12-23(35)31-36-17)15-5-6-20-16(10-15)13-29-32(20)4/h5-8,10,12-13,25H,9,11H2,1-4H3,(H,30,34)(H,31,35)/t25-/m0/s1. The lowest BCUT2D eigenvalue weighted by Crippen LogP contribution is -2.35. The van der Waals surface area contributed by atoms with Crippen LogP contribution in [-0.4, -0.2) is 26.6 Å². The van der Waals surface area contributed by atoms with Crippen molar-refractivity contribution in [3.05, 3.63) is 87.0 Å². The van der Waals surface area contributed by atoms with E-state index in [9.17, 15) is 23.2 Å². The van der Waals surface area contributed by atoms with E-state index >= 15 is 0 Å². The normalized spacial score (nSPS) is 12.6. The molecular formula is C26H26F2N4O4. The summed E-state index contributed by atoms with van der Waals surface area (Å²) in [5.41, 5.74) is 0.165. The number of carbonyl (C=O) groups excluding carboxylic acids is 2. The number of fused-ring (bicyclic) bond motifs is 1. The van der Waals surface area contributed by atoms with Gasteiger partial charge in [-0.3, -0.25) is 19.1 Å². The first-order chi connectivity index (χ1) is 16.9. The lowest BCUT2D eigenvalue weighted by molar-refractivity contribution is -0.127. The first-order valence-corrected chi connectivity index (χ1v) is 11.3. The minimum absolute atomic E-state index is 0.0569. The number of amides is 1. The molecule has 0 aliphatic heterocycles. The van der Waals surface area contributed by atoms with Crippen molar-refractivity contribution in [1.82, 2.24) is 20.3 Å². The number of hydrogen-bond donors (Lipinski definition) is 2. The van der Waals surface area contributed by atoms with Crippen molar-refractivity contribution in [1.29, 1.82) is 0 Å². The van der Waals surface area contributed by atoms with Crippen LogP contribution in [0.3, 0.4) is 0 Å². The van der Waals surface area contributed by atoms with E-state index in [4.69, 9.17) is 4.52 Å². The number of carbonyl (C=O) groups is 2. The fourth-order valence-electron chi connectivity index (χ4n) is 4.24. The van der Waals surface area contributed by atoms with Crippen LogP contribution in [0, 0.1) is 11.6 Å². The number of aromatic amines is 1. The molecule has 0 saturated carbocycles. The lowest BCUT2D eigenvalue weighted by atomic mass is 9.85. The molecule has 36 heavy (non-hydrogen) atoms. The predicted octanol–water partition coefficient (Wildman–Crippen LogP) is 3.64. The van der Waals surface area contributed by atoms with Crippen molar-refractivity contribution in [2.45, 2.75) is 45.1 Å². The second kappa shape index (κ2) is 9.52. The third-order valence-electron chi connectivity index (χ3n) is 5.87. The highest BCUT2D eigenvalue weighted by molar-refractivity contribution is 5.93. The van der Waals surface area contributed by atoms with Crippen molar-refractivity contribution < 1.29 is 22.9 Å². The van der Waals surface area contributed by atoms with E-state index in [-0.39, 0.29) is 29.7 Å². The Labute approximate surface area is 205 Å². The maximum absolute atomic E-state index is 14.7. The fraction of sp³-hybridized carbons (Fsp3) is 0.308. The van der Waals surface area contributed by atoms with Gasteiger partial charge in [-0.15, -0.1) is 0 Å². The Bertz CT molecular complexity index is 1490. The van der Waals surface area contributed by atoms with Crippen LogP contribution in [0.25, 0.3) is 10.9 Å². The SMILES string of the molecule is Cn1ncc2cc([C@H](NC(=O)Cc3cc(=O)[nH]o3)C(=O)Cc3cc(F)c(C(C)(C)C)c(F)c3)ccc21. The zero-order valence-electron chi connectivity index (χ0n) is 20.3. The summed E-state index contributed by atoms with van der Waals surface area (Å²) in [7, 11) is 1.78. The lowest BCUT2D eigenvalue weighted by Gasteiger charge is -2.22. The molecule has 2 aromatic carbocycles. The highest BCUT2D eigenvalue weighted by Gasteiger charge is 2.27. The Morgan fingerprint density at radius 1 is 1.11 bits per heavy atom. The average Bonchev–Trinajstić information content (AvgIpc) is 3.35. The highest BCUT2D eigenvalue weighted by atomic mass is 19.1. The fourth-order valence-corrected chi connectivity index (χ4v) is 4.24. The summed E-state index contributed by atoms with van der Waals surface area (Å²) in [4.78, 5) is 37.4. The molecule has 0 aliphatic rings. The maximum atomic E-state index is 14.7. The van der Waals surface area contributed by atoms with Crippen LogP contribution in [0.4, 0.5) is 8.78 Å². The zero-order chi connectivity index (χ0) is 26.2. The summed E-state index contributed by atoms with van der Waals surface area (Å²) in [6.07, 6.45) is 1.04. The van der Waals surface area contributed by atoms with Gasteiger partial charge in [-0.1, -0.05) is 26.8 Å². The summed E-state index contributed by atoms with van der Waals surface area (Å²) in [6, 6.07) is 7.52. The summed E-state index contributed by atoms with van der Waals surface area (Å²) in [5.74, 6) is -2.39. The smallest absolute Gasteiger partial charge is 0.280 e. The molecular weight excluding hydrogens is 470 g/mol. The number of benzene rings is 2. The van der Waals surface area contributed by atoms with Gasteiger partial charge in [-0.05, 0) is 40.8 Å². The van der Waals surface area contributed by atoms with E-state index in [1.165, 1.54) is 0 Å². The Kier molecular flexibility index (Phi) is 6.62. The van der Waals surface area contributed by atoms with E-state index in [0.29, 0.717) is 5.56 Å². The molecule has 2 aromatic heterocycles. The van der Waals surface area contributed by atoms with Gasteiger partial charge < -0.3 is 9.84 Å². The van der Waals surface area contributed by atoms with Crippen LogP contribution in [0.2, 0.25) is 0 Å². The molecule has 4 aromatic rings. The maximum Gasteiger partial charge on any atom is 0.280 e. The Hall–Kier alpha value is -4.08. The van der Waals surface area contributed by atoms with E-state index in [1.807, 2.05) is 0 Å². The molecule has 0 unspecified atom stereocenters. The Morgan fingerprint density at radius 2 is 1.81 bits per heavy atom. The Morgan fingerprint density at radius 3 is 2.42 bits per heavy atom. The number of H-pyrrole nitrogens is 1. The molecule has 10 heteroatoms. The molecule has 4 rings (SSSR count). The molecule has 1 amide bonds.